The Labute approximate surface area is 177 Å². The summed E-state index contributed by atoms with van der Waals surface area (Å²) in [6, 6.07) is 9.26. The first-order chi connectivity index (χ1) is 13.3. The second kappa shape index (κ2) is 8.90. The molecule has 0 bridgehead atoms. The van der Waals surface area contributed by atoms with Crippen LogP contribution < -0.4 is 15.2 Å². The highest BCUT2D eigenvalue weighted by Gasteiger charge is 2.21. The van der Waals surface area contributed by atoms with Gasteiger partial charge >= 0.3 is 0 Å². The molecule has 0 fully saturated rings. The standard InChI is InChI=1S/C20H18Cl2N2O3S/c1-11-5-12(2)7-15(6-11)26-3-4-27-18-13(8-14(21)10-16(18)22)9-17-19(25)24-20(23)28-17/h5-10H,3-4H2,1-2H3,(H2,23,24,25). The number of rotatable bonds is 6. The van der Waals surface area contributed by atoms with E-state index in [0.29, 0.717) is 32.9 Å². The summed E-state index contributed by atoms with van der Waals surface area (Å²) in [5, 5.41) is 0.976. The highest BCUT2D eigenvalue weighted by Crippen LogP contribution is 2.36. The molecule has 0 radical (unpaired) electrons. The Morgan fingerprint density at radius 2 is 1.75 bits per heavy atom. The first-order valence-electron chi connectivity index (χ1n) is 8.43. The van der Waals surface area contributed by atoms with Crippen LogP contribution in [0.3, 0.4) is 0 Å². The van der Waals surface area contributed by atoms with Gasteiger partial charge in [0, 0.05) is 10.6 Å². The lowest BCUT2D eigenvalue weighted by molar-refractivity contribution is -0.113. The maximum absolute atomic E-state index is 11.9. The Hall–Kier alpha value is -2.15. The van der Waals surface area contributed by atoms with E-state index in [1.54, 1.807) is 18.2 Å². The Morgan fingerprint density at radius 3 is 2.39 bits per heavy atom. The third kappa shape index (κ3) is 5.22. The molecular formula is C20H18Cl2N2O3S. The molecule has 5 nitrogen and oxygen atoms in total. The maximum Gasteiger partial charge on any atom is 0.286 e. The van der Waals surface area contributed by atoms with Crippen LogP contribution in [0, 0.1) is 13.8 Å². The van der Waals surface area contributed by atoms with Crippen LogP contribution in [-0.4, -0.2) is 24.3 Å². The normalized spacial score (nSPS) is 15.1. The quantitative estimate of drug-likeness (QED) is 0.509. The summed E-state index contributed by atoms with van der Waals surface area (Å²) in [5.74, 6) is 0.801. The van der Waals surface area contributed by atoms with Gasteiger partial charge in [0.25, 0.3) is 5.91 Å². The smallest absolute Gasteiger partial charge is 0.286 e. The van der Waals surface area contributed by atoms with Gasteiger partial charge in [-0.05, 0) is 67.1 Å². The fourth-order valence-corrected chi connectivity index (χ4v) is 3.96. The van der Waals surface area contributed by atoms with Crippen LogP contribution in [0.2, 0.25) is 10.0 Å². The van der Waals surface area contributed by atoms with E-state index >= 15 is 0 Å². The number of nitrogens with two attached hydrogens (primary N) is 1. The number of amides is 1. The number of aryl methyl sites for hydroxylation is 2. The second-order valence-electron chi connectivity index (χ2n) is 6.19. The highest BCUT2D eigenvalue weighted by molar-refractivity contribution is 8.18. The van der Waals surface area contributed by atoms with Crippen molar-refractivity contribution in [2.75, 3.05) is 13.2 Å². The van der Waals surface area contributed by atoms with E-state index < -0.39 is 5.91 Å². The van der Waals surface area contributed by atoms with E-state index in [4.69, 9.17) is 38.4 Å². The zero-order chi connectivity index (χ0) is 20.3. The summed E-state index contributed by atoms with van der Waals surface area (Å²) in [5.41, 5.74) is 8.43. The molecule has 1 aliphatic rings. The number of hydrogen-bond donors (Lipinski definition) is 1. The lowest BCUT2D eigenvalue weighted by atomic mass is 10.1. The molecular weight excluding hydrogens is 419 g/mol. The Kier molecular flexibility index (Phi) is 6.54. The third-order valence-electron chi connectivity index (χ3n) is 3.75. The molecule has 1 heterocycles. The highest BCUT2D eigenvalue weighted by atomic mass is 35.5. The molecule has 2 aromatic carbocycles. The fourth-order valence-electron chi connectivity index (χ4n) is 2.73. The van der Waals surface area contributed by atoms with E-state index in [9.17, 15) is 4.79 Å². The number of amidine groups is 1. The Bertz CT molecular complexity index is 969. The van der Waals surface area contributed by atoms with Crippen LogP contribution in [0.15, 0.2) is 40.2 Å². The molecule has 0 spiro atoms. The van der Waals surface area contributed by atoms with Crippen LogP contribution in [0.4, 0.5) is 0 Å². The summed E-state index contributed by atoms with van der Waals surface area (Å²) in [7, 11) is 0. The summed E-state index contributed by atoms with van der Waals surface area (Å²) < 4.78 is 11.6. The van der Waals surface area contributed by atoms with Gasteiger partial charge in [0.15, 0.2) is 5.17 Å². The monoisotopic (exact) mass is 436 g/mol. The summed E-state index contributed by atoms with van der Waals surface area (Å²) in [6.07, 6.45) is 1.62. The number of benzene rings is 2. The SMILES string of the molecule is Cc1cc(C)cc(OCCOc2c(Cl)cc(Cl)cc2C=C2SC(N)=NC2=O)c1. The van der Waals surface area contributed by atoms with Crippen LogP contribution >= 0.6 is 35.0 Å². The van der Waals surface area contributed by atoms with E-state index in [0.717, 1.165) is 28.6 Å². The predicted octanol–water partition coefficient (Wildman–Crippen LogP) is 5.00. The summed E-state index contributed by atoms with van der Waals surface area (Å²) in [6.45, 7) is 4.64. The lowest BCUT2D eigenvalue weighted by Gasteiger charge is -2.13. The van der Waals surface area contributed by atoms with Gasteiger partial charge in [0.05, 0.1) is 9.93 Å². The van der Waals surface area contributed by atoms with Crippen molar-refractivity contribution < 1.29 is 14.3 Å². The number of hydrogen-bond acceptors (Lipinski definition) is 5. The first kappa shape index (κ1) is 20.6. The molecule has 2 N–H and O–H groups in total. The Morgan fingerprint density at radius 1 is 1.07 bits per heavy atom. The van der Waals surface area contributed by atoms with Crippen molar-refractivity contribution in [3.8, 4) is 11.5 Å². The molecule has 0 saturated carbocycles. The maximum atomic E-state index is 11.9. The minimum Gasteiger partial charge on any atom is -0.490 e. The molecule has 0 aromatic heterocycles. The minimum absolute atomic E-state index is 0.202. The van der Waals surface area contributed by atoms with E-state index in [1.807, 2.05) is 26.0 Å². The van der Waals surface area contributed by atoms with Crippen LogP contribution in [0.5, 0.6) is 11.5 Å². The number of ether oxygens (including phenoxy) is 2. The van der Waals surface area contributed by atoms with Crippen molar-refractivity contribution in [1.29, 1.82) is 0 Å². The third-order valence-corrected chi connectivity index (χ3v) is 5.07. The average Bonchev–Trinajstić information content (AvgIpc) is 2.89. The predicted molar refractivity (Wildman–Crippen MR) is 116 cm³/mol. The molecule has 1 aliphatic heterocycles. The molecule has 0 saturated heterocycles. The molecule has 28 heavy (non-hydrogen) atoms. The van der Waals surface area contributed by atoms with Crippen molar-refractivity contribution in [3.05, 3.63) is 62.0 Å². The fraction of sp³-hybridized carbons (Fsp3) is 0.200. The number of carbonyl (C=O) groups excluding carboxylic acids is 1. The van der Waals surface area contributed by atoms with Gasteiger partial charge in [-0.15, -0.1) is 0 Å². The van der Waals surface area contributed by atoms with Gasteiger partial charge in [-0.3, -0.25) is 4.79 Å². The molecule has 146 valence electrons. The van der Waals surface area contributed by atoms with E-state index in [1.165, 1.54) is 0 Å². The van der Waals surface area contributed by atoms with Gasteiger partial charge in [-0.2, -0.15) is 4.99 Å². The van der Waals surface area contributed by atoms with E-state index in [2.05, 4.69) is 11.1 Å². The van der Waals surface area contributed by atoms with Crippen molar-refractivity contribution in [2.45, 2.75) is 13.8 Å². The van der Waals surface area contributed by atoms with Gasteiger partial charge in [0.2, 0.25) is 0 Å². The first-order valence-corrected chi connectivity index (χ1v) is 10.00. The van der Waals surface area contributed by atoms with Crippen molar-refractivity contribution in [1.82, 2.24) is 0 Å². The number of carbonyl (C=O) groups is 1. The molecule has 3 rings (SSSR count). The van der Waals surface area contributed by atoms with Crippen LogP contribution in [0.1, 0.15) is 16.7 Å². The molecule has 8 heteroatoms. The molecule has 2 aromatic rings. The van der Waals surface area contributed by atoms with Crippen molar-refractivity contribution in [2.24, 2.45) is 10.7 Å². The zero-order valence-electron chi connectivity index (χ0n) is 15.3. The number of halogens is 2. The molecule has 1 amide bonds. The van der Waals surface area contributed by atoms with Crippen LogP contribution in [0.25, 0.3) is 6.08 Å². The molecule has 0 aliphatic carbocycles. The summed E-state index contributed by atoms with van der Waals surface area (Å²) >= 11 is 13.5. The number of thioether (sulfide) groups is 1. The zero-order valence-corrected chi connectivity index (χ0v) is 17.6. The summed E-state index contributed by atoms with van der Waals surface area (Å²) in [4.78, 5) is 15.9. The Balaban J connectivity index is 1.71. The van der Waals surface area contributed by atoms with E-state index in [-0.39, 0.29) is 11.8 Å². The second-order valence-corrected chi connectivity index (χ2v) is 8.10. The number of aliphatic imine (C=N–C) groups is 1. The molecule has 0 atom stereocenters. The van der Waals surface area contributed by atoms with Crippen molar-refractivity contribution in [3.63, 3.8) is 0 Å². The van der Waals surface area contributed by atoms with Gasteiger partial charge in [0.1, 0.15) is 24.7 Å². The topological polar surface area (TPSA) is 73.9 Å². The average molecular weight is 437 g/mol. The molecule has 0 unspecified atom stereocenters. The van der Waals surface area contributed by atoms with Crippen LogP contribution in [-0.2, 0) is 4.79 Å². The largest absolute Gasteiger partial charge is 0.490 e. The van der Waals surface area contributed by atoms with Gasteiger partial charge in [-0.1, -0.05) is 29.3 Å². The minimum atomic E-state index is -0.400. The van der Waals surface area contributed by atoms with Gasteiger partial charge < -0.3 is 15.2 Å². The van der Waals surface area contributed by atoms with Crippen molar-refractivity contribution >= 4 is 52.1 Å². The lowest BCUT2D eigenvalue weighted by Crippen LogP contribution is -2.10. The number of nitrogens with zero attached hydrogens (tertiary/aromatic N) is 1. The van der Waals surface area contributed by atoms with Gasteiger partial charge in [-0.25, -0.2) is 0 Å².